The number of aromatic nitrogens is 2. The number of anilines is 1. The van der Waals surface area contributed by atoms with Crippen molar-refractivity contribution in [3.8, 4) is 0 Å². The number of hydrogen-bond donors (Lipinski definition) is 1. The van der Waals surface area contributed by atoms with E-state index in [1.807, 2.05) is 13.2 Å². The lowest BCUT2D eigenvalue weighted by Crippen LogP contribution is -2.16. The van der Waals surface area contributed by atoms with Gasteiger partial charge in [-0.25, -0.2) is 8.78 Å². The van der Waals surface area contributed by atoms with Gasteiger partial charge in [-0.15, -0.1) is 0 Å². The molecule has 1 heterocycles. The zero-order valence-corrected chi connectivity index (χ0v) is 14.1. The number of benzene rings is 1. The summed E-state index contributed by atoms with van der Waals surface area (Å²) < 4.78 is 29.7. The minimum absolute atomic E-state index is 0.123. The molecule has 0 aliphatic rings. The molecule has 21 heavy (non-hydrogen) atoms. The first-order valence-electron chi connectivity index (χ1n) is 6.60. The molecule has 0 aliphatic heterocycles. The fraction of sp³-hybridized carbons (Fsp3) is 0.400. The maximum absolute atomic E-state index is 13.8. The average molecular weight is 358 g/mol. The molecule has 0 aliphatic carbocycles. The Kier molecular flexibility index (Phi) is 4.37. The molecule has 0 bridgehead atoms. The summed E-state index contributed by atoms with van der Waals surface area (Å²) in [7, 11) is 1.83. The van der Waals surface area contributed by atoms with Crippen LogP contribution < -0.4 is 5.32 Å². The summed E-state index contributed by atoms with van der Waals surface area (Å²) in [5.41, 5.74) is 1.58. The van der Waals surface area contributed by atoms with Crippen molar-refractivity contribution in [1.82, 2.24) is 9.78 Å². The molecular formula is C15H18BrF2N3. The molecule has 2 rings (SSSR count). The maximum atomic E-state index is 13.8. The van der Waals surface area contributed by atoms with Crippen LogP contribution in [0.3, 0.4) is 0 Å². The van der Waals surface area contributed by atoms with Crippen molar-refractivity contribution in [3.63, 3.8) is 0 Å². The molecule has 1 aromatic heterocycles. The molecule has 114 valence electrons. The van der Waals surface area contributed by atoms with E-state index < -0.39 is 11.6 Å². The van der Waals surface area contributed by atoms with Gasteiger partial charge in [-0.05, 0) is 12.1 Å². The van der Waals surface area contributed by atoms with Crippen LogP contribution in [0.2, 0.25) is 0 Å². The number of rotatable bonds is 3. The summed E-state index contributed by atoms with van der Waals surface area (Å²) in [5.74, 6) is -1.24. The lowest BCUT2D eigenvalue weighted by atomic mass is 9.89. The molecule has 0 saturated carbocycles. The average Bonchev–Trinajstić information content (AvgIpc) is 2.69. The molecule has 2 aromatic rings. The van der Waals surface area contributed by atoms with Crippen molar-refractivity contribution in [2.45, 2.75) is 32.7 Å². The summed E-state index contributed by atoms with van der Waals surface area (Å²) in [6, 6.07) is 2.47. The molecule has 0 atom stereocenters. The van der Waals surface area contributed by atoms with Crippen molar-refractivity contribution in [1.29, 1.82) is 0 Å². The number of nitrogens with zero attached hydrogens (tertiary/aromatic N) is 2. The summed E-state index contributed by atoms with van der Waals surface area (Å²) in [4.78, 5) is 0. The molecule has 0 saturated heterocycles. The molecular weight excluding hydrogens is 340 g/mol. The number of hydrogen-bond acceptors (Lipinski definition) is 2. The summed E-state index contributed by atoms with van der Waals surface area (Å²) in [6.45, 7) is 6.48. The van der Waals surface area contributed by atoms with Gasteiger partial charge < -0.3 is 5.32 Å². The number of nitrogens with one attached hydrogen (secondary N) is 1. The van der Waals surface area contributed by atoms with Crippen LogP contribution in [0, 0.1) is 11.6 Å². The minimum Gasteiger partial charge on any atom is -0.376 e. The first-order chi connectivity index (χ1) is 9.68. The Morgan fingerprint density at radius 3 is 2.33 bits per heavy atom. The van der Waals surface area contributed by atoms with E-state index in [0.717, 1.165) is 11.3 Å². The van der Waals surface area contributed by atoms with Gasteiger partial charge in [-0.2, -0.15) is 5.10 Å². The van der Waals surface area contributed by atoms with Crippen molar-refractivity contribution >= 4 is 21.6 Å². The Morgan fingerprint density at radius 1 is 1.24 bits per heavy atom. The van der Waals surface area contributed by atoms with Gasteiger partial charge in [-0.3, -0.25) is 4.68 Å². The smallest absolute Gasteiger partial charge is 0.150 e. The second-order valence-corrected chi connectivity index (χ2v) is 6.94. The zero-order chi connectivity index (χ0) is 15.8. The molecule has 0 unspecified atom stereocenters. The molecule has 0 amide bonds. The van der Waals surface area contributed by atoms with Crippen LogP contribution in [0.4, 0.5) is 14.5 Å². The van der Waals surface area contributed by atoms with Crippen LogP contribution in [-0.4, -0.2) is 9.78 Å². The number of halogens is 3. The van der Waals surface area contributed by atoms with E-state index in [1.54, 1.807) is 4.68 Å². The van der Waals surface area contributed by atoms with Crippen molar-refractivity contribution in [3.05, 3.63) is 45.7 Å². The monoisotopic (exact) mass is 357 g/mol. The summed E-state index contributed by atoms with van der Waals surface area (Å²) >= 11 is 3.06. The van der Waals surface area contributed by atoms with Gasteiger partial charge in [0.2, 0.25) is 0 Å². The van der Waals surface area contributed by atoms with Crippen LogP contribution in [0.25, 0.3) is 0 Å². The third kappa shape index (κ3) is 3.61. The van der Waals surface area contributed by atoms with Gasteiger partial charge in [0, 0.05) is 35.2 Å². The summed E-state index contributed by atoms with van der Waals surface area (Å²) in [6.07, 6.45) is 1.86. The van der Waals surface area contributed by atoms with Gasteiger partial charge in [0.05, 0.1) is 5.69 Å². The Balaban J connectivity index is 2.25. The quantitative estimate of drug-likeness (QED) is 0.883. The largest absolute Gasteiger partial charge is 0.376 e. The first kappa shape index (κ1) is 15.9. The molecule has 1 N–H and O–H groups in total. The van der Waals surface area contributed by atoms with Crippen molar-refractivity contribution in [2.75, 3.05) is 5.32 Å². The van der Waals surface area contributed by atoms with Gasteiger partial charge in [0.15, 0.2) is 0 Å². The Hall–Kier alpha value is -1.43. The molecule has 0 spiro atoms. The Labute approximate surface area is 131 Å². The molecule has 0 radical (unpaired) electrons. The molecule has 3 nitrogen and oxygen atoms in total. The van der Waals surface area contributed by atoms with E-state index in [2.05, 4.69) is 47.1 Å². The highest BCUT2D eigenvalue weighted by Gasteiger charge is 2.22. The molecule has 6 heteroatoms. The minimum atomic E-state index is -0.622. The highest BCUT2D eigenvalue weighted by atomic mass is 79.9. The van der Waals surface area contributed by atoms with Crippen LogP contribution in [0.1, 0.15) is 32.0 Å². The molecule has 0 fully saturated rings. The van der Waals surface area contributed by atoms with Crippen LogP contribution in [0.15, 0.2) is 22.8 Å². The van der Waals surface area contributed by atoms with Gasteiger partial charge in [0.1, 0.15) is 17.3 Å². The fourth-order valence-corrected chi connectivity index (χ4v) is 2.60. The highest BCUT2D eigenvalue weighted by Crippen LogP contribution is 2.27. The lowest BCUT2D eigenvalue weighted by molar-refractivity contribution is 0.548. The topological polar surface area (TPSA) is 29.9 Å². The van der Waals surface area contributed by atoms with E-state index >= 15 is 0 Å². The second-order valence-electron chi connectivity index (χ2n) is 6.02. The lowest BCUT2D eigenvalue weighted by Gasteiger charge is -2.18. The third-order valence-electron chi connectivity index (χ3n) is 3.08. The van der Waals surface area contributed by atoms with Gasteiger partial charge in [0.25, 0.3) is 0 Å². The fourth-order valence-electron chi connectivity index (χ4n) is 2.19. The Bertz CT molecular complexity index is 636. The van der Waals surface area contributed by atoms with E-state index in [-0.39, 0.29) is 11.1 Å². The van der Waals surface area contributed by atoms with Crippen molar-refractivity contribution in [2.24, 2.45) is 7.05 Å². The van der Waals surface area contributed by atoms with E-state index in [9.17, 15) is 8.78 Å². The van der Waals surface area contributed by atoms with Crippen molar-refractivity contribution < 1.29 is 8.78 Å². The predicted molar refractivity (Wildman–Crippen MR) is 83.3 cm³/mol. The zero-order valence-electron chi connectivity index (χ0n) is 12.5. The Morgan fingerprint density at radius 2 is 1.81 bits per heavy atom. The van der Waals surface area contributed by atoms with Gasteiger partial charge >= 0.3 is 0 Å². The van der Waals surface area contributed by atoms with Crippen LogP contribution in [-0.2, 0) is 19.0 Å². The highest BCUT2D eigenvalue weighted by molar-refractivity contribution is 9.10. The maximum Gasteiger partial charge on any atom is 0.150 e. The molecule has 1 aromatic carbocycles. The standard InChI is InChI=1S/C15H18BrF2N3/c1-15(2,3)14-9(8-21(4)20-14)7-19-13-11(17)5-10(16)6-12(13)18/h5-6,8,19H,7H2,1-4H3. The SMILES string of the molecule is Cn1cc(CNc2c(F)cc(Br)cc2F)c(C(C)(C)C)n1. The number of aryl methyl sites for hydroxylation is 1. The van der Waals surface area contributed by atoms with E-state index in [4.69, 9.17) is 0 Å². The first-order valence-corrected chi connectivity index (χ1v) is 7.39. The summed E-state index contributed by atoms with van der Waals surface area (Å²) in [5, 5.41) is 7.26. The third-order valence-corrected chi connectivity index (χ3v) is 3.54. The van der Waals surface area contributed by atoms with Crippen LogP contribution >= 0.6 is 15.9 Å². The van der Waals surface area contributed by atoms with Gasteiger partial charge in [-0.1, -0.05) is 36.7 Å². The predicted octanol–water partition coefficient (Wildman–Crippen LogP) is 4.37. The van der Waals surface area contributed by atoms with E-state index in [1.165, 1.54) is 12.1 Å². The second kappa shape index (κ2) is 5.75. The van der Waals surface area contributed by atoms with E-state index in [0.29, 0.717) is 11.0 Å². The normalized spacial score (nSPS) is 11.8. The van der Waals surface area contributed by atoms with Crippen LogP contribution in [0.5, 0.6) is 0 Å².